The Morgan fingerprint density at radius 1 is 1.00 bits per heavy atom. The summed E-state index contributed by atoms with van der Waals surface area (Å²) in [6.45, 7) is 0. The average Bonchev–Trinajstić information content (AvgIpc) is 2.33. The van der Waals surface area contributed by atoms with E-state index in [0.29, 0.717) is 5.02 Å². The number of halogens is 3. The van der Waals surface area contributed by atoms with Gasteiger partial charge in [-0.05, 0) is 30.3 Å². The molecule has 2 rings (SSSR count). The molecule has 3 N–H and O–H groups in total. The largest absolute Gasteiger partial charge is 0.397 e. The summed E-state index contributed by atoms with van der Waals surface area (Å²) in [4.78, 5) is -0.206. The van der Waals surface area contributed by atoms with E-state index in [-0.39, 0.29) is 26.3 Å². The van der Waals surface area contributed by atoms with E-state index in [9.17, 15) is 8.42 Å². The normalized spacial score (nSPS) is 11.3. The second-order valence-electron chi connectivity index (χ2n) is 3.89. The standard InChI is InChI=1S/C12H9Cl3N2O2S/c13-7-4-5-10(16)11(6-7)17-20(18,19)12-8(14)2-1-3-9(12)15/h1-6,17H,16H2. The van der Waals surface area contributed by atoms with Gasteiger partial charge in [0.1, 0.15) is 4.90 Å². The third kappa shape index (κ3) is 3.12. The fraction of sp³-hybridized carbons (Fsp3) is 0. The number of anilines is 2. The number of benzene rings is 2. The number of nitrogens with one attached hydrogen (secondary N) is 1. The summed E-state index contributed by atoms with van der Waals surface area (Å²) < 4.78 is 27.0. The van der Waals surface area contributed by atoms with Crippen molar-refractivity contribution in [3.05, 3.63) is 51.5 Å². The lowest BCUT2D eigenvalue weighted by molar-refractivity contribution is 0.601. The monoisotopic (exact) mass is 350 g/mol. The molecular formula is C12H9Cl3N2O2S. The van der Waals surface area contributed by atoms with Crippen molar-refractivity contribution in [3.63, 3.8) is 0 Å². The van der Waals surface area contributed by atoms with Gasteiger partial charge in [-0.2, -0.15) is 0 Å². The summed E-state index contributed by atoms with van der Waals surface area (Å²) >= 11 is 17.6. The number of nitrogens with two attached hydrogens (primary N) is 1. The van der Waals surface area contributed by atoms with Crippen molar-refractivity contribution in [2.24, 2.45) is 0 Å². The van der Waals surface area contributed by atoms with Crippen LogP contribution in [0.15, 0.2) is 41.3 Å². The summed E-state index contributed by atoms with van der Waals surface area (Å²) in [7, 11) is -3.97. The molecule has 0 saturated heterocycles. The molecule has 106 valence electrons. The molecule has 2 aromatic carbocycles. The molecule has 0 aliphatic heterocycles. The topological polar surface area (TPSA) is 72.2 Å². The second-order valence-corrected chi connectivity index (χ2v) is 6.76. The van der Waals surface area contributed by atoms with E-state index in [0.717, 1.165) is 0 Å². The molecule has 0 aliphatic rings. The molecule has 4 nitrogen and oxygen atoms in total. The lowest BCUT2D eigenvalue weighted by Crippen LogP contribution is -2.15. The fourth-order valence-corrected chi connectivity index (χ4v) is 3.95. The summed E-state index contributed by atoms with van der Waals surface area (Å²) in [5, 5.41) is 0.387. The van der Waals surface area contributed by atoms with Crippen LogP contribution in [0.1, 0.15) is 0 Å². The van der Waals surface area contributed by atoms with Crippen LogP contribution in [0.25, 0.3) is 0 Å². The predicted octanol–water partition coefficient (Wildman–Crippen LogP) is 4.03. The molecule has 0 atom stereocenters. The molecule has 0 saturated carbocycles. The third-order valence-electron chi connectivity index (χ3n) is 2.45. The van der Waals surface area contributed by atoms with Gasteiger partial charge in [0.2, 0.25) is 0 Å². The fourth-order valence-electron chi connectivity index (χ4n) is 1.55. The van der Waals surface area contributed by atoms with Crippen LogP contribution in [0.2, 0.25) is 15.1 Å². The van der Waals surface area contributed by atoms with E-state index < -0.39 is 10.0 Å². The van der Waals surface area contributed by atoms with Gasteiger partial charge in [0, 0.05) is 5.02 Å². The Morgan fingerprint density at radius 3 is 2.20 bits per heavy atom. The Balaban J connectivity index is 2.49. The molecule has 0 unspecified atom stereocenters. The van der Waals surface area contributed by atoms with Crippen LogP contribution in [0, 0.1) is 0 Å². The Kier molecular flexibility index (Phi) is 4.34. The molecule has 0 spiro atoms. The number of sulfonamides is 1. The molecular weight excluding hydrogens is 343 g/mol. The molecule has 2 aromatic rings. The molecule has 0 bridgehead atoms. The van der Waals surface area contributed by atoms with E-state index in [4.69, 9.17) is 40.5 Å². The number of nitrogen functional groups attached to an aromatic ring is 1. The van der Waals surface area contributed by atoms with Crippen LogP contribution in [-0.2, 0) is 10.0 Å². The zero-order chi connectivity index (χ0) is 14.9. The van der Waals surface area contributed by atoms with Crippen LogP contribution in [0.5, 0.6) is 0 Å². The Bertz CT molecular complexity index is 743. The highest BCUT2D eigenvalue weighted by Gasteiger charge is 2.22. The van der Waals surface area contributed by atoms with E-state index in [1.165, 1.54) is 24.3 Å². The second kappa shape index (κ2) is 5.69. The van der Waals surface area contributed by atoms with Crippen molar-refractivity contribution in [1.29, 1.82) is 0 Å². The van der Waals surface area contributed by atoms with E-state index in [2.05, 4.69) is 4.72 Å². The van der Waals surface area contributed by atoms with E-state index >= 15 is 0 Å². The van der Waals surface area contributed by atoms with Crippen molar-refractivity contribution < 1.29 is 8.42 Å². The highest BCUT2D eigenvalue weighted by atomic mass is 35.5. The first-order chi connectivity index (χ1) is 9.31. The van der Waals surface area contributed by atoms with Gasteiger partial charge in [-0.3, -0.25) is 4.72 Å². The quantitative estimate of drug-likeness (QED) is 0.820. The van der Waals surface area contributed by atoms with Crippen molar-refractivity contribution in [2.75, 3.05) is 10.5 Å². The van der Waals surface area contributed by atoms with Gasteiger partial charge in [0.05, 0.1) is 21.4 Å². The first-order valence-electron chi connectivity index (χ1n) is 5.33. The molecule has 0 aromatic heterocycles. The van der Waals surface area contributed by atoms with Crippen molar-refractivity contribution >= 4 is 56.2 Å². The van der Waals surface area contributed by atoms with Crippen LogP contribution in [-0.4, -0.2) is 8.42 Å². The first-order valence-corrected chi connectivity index (χ1v) is 7.95. The van der Waals surface area contributed by atoms with Crippen molar-refractivity contribution in [2.45, 2.75) is 4.90 Å². The molecule has 0 radical (unpaired) electrons. The predicted molar refractivity (Wildman–Crippen MR) is 83.1 cm³/mol. The van der Waals surface area contributed by atoms with E-state index in [1.807, 2.05) is 0 Å². The maximum absolute atomic E-state index is 12.3. The molecule has 0 amide bonds. The number of hydrogen-bond donors (Lipinski definition) is 2. The molecule has 0 fully saturated rings. The minimum atomic E-state index is -3.97. The van der Waals surface area contributed by atoms with Crippen LogP contribution >= 0.6 is 34.8 Å². The lowest BCUT2D eigenvalue weighted by atomic mass is 10.3. The summed E-state index contributed by atoms with van der Waals surface area (Å²) in [6.07, 6.45) is 0. The smallest absolute Gasteiger partial charge is 0.264 e. The van der Waals surface area contributed by atoms with Crippen LogP contribution in [0.4, 0.5) is 11.4 Å². The molecule has 8 heteroatoms. The molecule has 0 aliphatic carbocycles. The highest BCUT2D eigenvalue weighted by molar-refractivity contribution is 7.93. The van der Waals surface area contributed by atoms with Gasteiger partial charge in [0.25, 0.3) is 10.0 Å². The first kappa shape index (κ1) is 15.3. The van der Waals surface area contributed by atoms with E-state index in [1.54, 1.807) is 12.1 Å². The van der Waals surface area contributed by atoms with Gasteiger partial charge in [-0.15, -0.1) is 0 Å². The number of rotatable bonds is 3. The van der Waals surface area contributed by atoms with Crippen LogP contribution in [0.3, 0.4) is 0 Å². The third-order valence-corrected chi connectivity index (χ3v) is 5.00. The van der Waals surface area contributed by atoms with Crippen molar-refractivity contribution in [3.8, 4) is 0 Å². The minimum Gasteiger partial charge on any atom is -0.397 e. The van der Waals surface area contributed by atoms with Gasteiger partial charge in [-0.25, -0.2) is 8.42 Å². The molecule has 20 heavy (non-hydrogen) atoms. The molecule has 0 heterocycles. The van der Waals surface area contributed by atoms with Gasteiger partial charge < -0.3 is 5.73 Å². The van der Waals surface area contributed by atoms with Crippen molar-refractivity contribution in [1.82, 2.24) is 0 Å². The highest BCUT2D eigenvalue weighted by Crippen LogP contribution is 2.32. The Labute approximate surface area is 131 Å². The SMILES string of the molecule is Nc1ccc(Cl)cc1NS(=O)(=O)c1c(Cl)cccc1Cl. The van der Waals surface area contributed by atoms with Crippen LogP contribution < -0.4 is 10.5 Å². The van der Waals surface area contributed by atoms with Gasteiger partial charge in [0.15, 0.2) is 0 Å². The average molecular weight is 352 g/mol. The zero-order valence-corrected chi connectivity index (χ0v) is 13.0. The Morgan fingerprint density at radius 2 is 1.60 bits per heavy atom. The lowest BCUT2D eigenvalue weighted by Gasteiger charge is -2.12. The van der Waals surface area contributed by atoms with Gasteiger partial charge in [-0.1, -0.05) is 40.9 Å². The number of hydrogen-bond acceptors (Lipinski definition) is 3. The summed E-state index contributed by atoms with van der Waals surface area (Å²) in [5.74, 6) is 0. The Hall–Kier alpha value is -1.14. The summed E-state index contributed by atoms with van der Waals surface area (Å²) in [5.41, 5.74) is 6.10. The van der Waals surface area contributed by atoms with Gasteiger partial charge >= 0.3 is 0 Å². The minimum absolute atomic E-state index is 0.0191. The maximum atomic E-state index is 12.3. The zero-order valence-electron chi connectivity index (χ0n) is 9.90. The summed E-state index contributed by atoms with van der Waals surface area (Å²) in [6, 6.07) is 8.87. The maximum Gasteiger partial charge on any atom is 0.264 e.